The van der Waals surface area contributed by atoms with Crippen molar-refractivity contribution in [1.29, 1.82) is 0 Å². The van der Waals surface area contributed by atoms with Crippen LogP contribution in [0, 0.1) is 13.8 Å². The van der Waals surface area contributed by atoms with Crippen molar-refractivity contribution in [2.24, 2.45) is 0 Å². The number of nitrogen functional groups attached to an aromatic ring is 1. The topological polar surface area (TPSA) is 81.1 Å². The molecule has 110 valence electrons. The Hall–Kier alpha value is -1.46. The Morgan fingerprint density at radius 3 is 2.55 bits per heavy atom. The van der Waals surface area contributed by atoms with Gasteiger partial charge in [0.1, 0.15) is 16.4 Å². The summed E-state index contributed by atoms with van der Waals surface area (Å²) in [6.45, 7) is 6.00. The van der Waals surface area contributed by atoms with Gasteiger partial charge in [-0.1, -0.05) is 18.5 Å². The minimum Gasteiger partial charge on any atom is -0.504 e. The summed E-state index contributed by atoms with van der Waals surface area (Å²) in [5.41, 5.74) is 6.61. The van der Waals surface area contributed by atoms with Crippen LogP contribution < -0.4 is 11.3 Å². The molecule has 5 nitrogen and oxygen atoms in total. The second-order valence-electron chi connectivity index (χ2n) is 4.54. The molecule has 0 saturated carbocycles. The molecule has 0 unspecified atom stereocenters. The number of nitrogens with two attached hydrogens (primary N) is 1. The fourth-order valence-corrected chi connectivity index (χ4v) is 2.42. The Morgan fingerprint density at radius 1 is 1.40 bits per heavy atom. The molecule has 0 bridgehead atoms. The molecule has 0 amide bonds. The molecule has 0 aliphatic heterocycles. The maximum atomic E-state index is 12.5. The molecular weight excluding hydrogens is 301 g/mol. The molecule has 1 aromatic heterocycles. The monoisotopic (exact) mass is 317 g/mol. The van der Waals surface area contributed by atoms with Gasteiger partial charge in [-0.2, -0.15) is 0 Å². The van der Waals surface area contributed by atoms with Crippen molar-refractivity contribution < 1.29 is 5.11 Å². The van der Waals surface area contributed by atoms with E-state index in [-0.39, 0.29) is 39.9 Å². The summed E-state index contributed by atoms with van der Waals surface area (Å²) < 4.78 is 1.59. The van der Waals surface area contributed by atoms with Crippen LogP contribution in [0.3, 0.4) is 0 Å². The van der Waals surface area contributed by atoms with Crippen LogP contribution in [0.5, 0.6) is 5.75 Å². The molecular formula is C13H17Cl2N3O2. The van der Waals surface area contributed by atoms with Crippen molar-refractivity contribution >= 4 is 40.6 Å². The Balaban J connectivity index is 0.00000200. The van der Waals surface area contributed by atoms with E-state index in [0.717, 1.165) is 6.42 Å². The molecule has 0 atom stereocenters. The quantitative estimate of drug-likeness (QED) is 0.834. The Labute approximate surface area is 127 Å². The minimum absolute atomic E-state index is 0. The molecule has 1 aromatic carbocycles. The van der Waals surface area contributed by atoms with E-state index in [9.17, 15) is 9.90 Å². The third kappa shape index (κ3) is 2.31. The number of phenolic OH excluding ortho intramolecular Hbond substituents is 1. The van der Waals surface area contributed by atoms with E-state index in [2.05, 4.69) is 4.98 Å². The second kappa shape index (κ2) is 5.89. The number of hydrogen-bond donors (Lipinski definition) is 2. The van der Waals surface area contributed by atoms with Gasteiger partial charge >= 0.3 is 0 Å². The van der Waals surface area contributed by atoms with Crippen molar-refractivity contribution in [2.45, 2.75) is 33.7 Å². The lowest BCUT2D eigenvalue weighted by Gasteiger charge is -2.14. The van der Waals surface area contributed by atoms with Crippen LogP contribution in [0.25, 0.3) is 10.9 Å². The molecule has 0 aliphatic carbocycles. The first-order valence-electron chi connectivity index (χ1n) is 6.07. The van der Waals surface area contributed by atoms with E-state index < -0.39 is 0 Å². The molecule has 7 heteroatoms. The fourth-order valence-electron chi connectivity index (χ4n) is 2.19. The third-order valence-electron chi connectivity index (χ3n) is 3.25. The molecule has 20 heavy (non-hydrogen) atoms. The number of halogens is 2. The number of anilines is 1. The van der Waals surface area contributed by atoms with E-state index in [0.29, 0.717) is 23.3 Å². The lowest BCUT2D eigenvalue weighted by atomic mass is 10.1. The Morgan fingerprint density at radius 2 is 2.00 bits per heavy atom. The predicted molar refractivity (Wildman–Crippen MR) is 84.1 cm³/mol. The first kappa shape index (κ1) is 16.6. The first-order chi connectivity index (χ1) is 8.90. The van der Waals surface area contributed by atoms with Crippen LogP contribution in [-0.4, -0.2) is 14.7 Å². The van der Waals surface area contributed by atoms with Gasteiger partial charge in [0.25, 0.3) is 5.56 Å². The van der Waals surface area contributed by atoms with Crippen LogP contribution in [0.15, 0.2) is 4.79 Å². The molecule has 0 aliphatic rings. The van der Waals surface area contributed by atoms with Gasteiger partial charge in [-0.3, -0.25) is 9.36 Å². The van der Waals surface area contributed by atoms with Crippen LogP contribution in [-0.2, 0) is 6.54 Å². The Bertz CT molecular complexity index is 726. The van der Waals surface area contributed by atoms with E-state index >= 15 is 0 Å². The molecule has 0 fully saturated rings. The van der Waals surface area contributed by atoms with Gasteiger partial charge in [-0.25, -0.2) is 4.98 Å². The maximum absolute atomic E-state index is 12.5. The number of hydrogen-bond acceptors (Lipinski definition) is 4. The highest BCUT2D eigenvalue weighted by atomic mass is 35.5. The van der Waals surface area contributed by atoms with Crippen LogP contribution in [0.2, 0.25) is 5.02 Å². The molecule has 0 spiro atoms. The number of benzene rings is 1. The number of fused-ring (bicyclic) bond motifs is 1. The van der Waals surface area contributed by atoms with Crippen molar-refractivity contribution in [2.75, 3.05) is 5.73 Å². The van der Waals surface area contributed by atoms with Crippen molar-refractivity contribution in [3.05, 3.63) is 26.8 Å². The fraction of sp³-hybridized carbons (Fsp3) is 0.385. The molecule has 2 rings (SSSR count). The van der Waals surface area contributed by atoms with Gasteiger partial charge in [-0.15, -0.1) is 12.4 Å². The average molecular weight is 318 g/mol. The van der Waals surface area contributed by atoms with E-state index in [1.807, 2.05) is 6.92 Å². The van der Waals surface area contributed by atoms with Gasteiger partial charge < -0.3 is 10.8 Å². The molecule has 1 heterocycles. The van der Waals surface area contributed by atoms with Gasteiger partial charge in [0.05, 0.1) is 11.1 Å². The van der Waals surface area contributed by atoms with E-state index in [4.69, 9.17) is 17.3 Å². The van der Waals surface area contributed by atoms with E-state index in [1.54, 1.807) is 18.4 Å². The number of phenols is 1. The lowest BCUT2D eigenvalue weighted by Crippen LogP contribution is -2.24. The van der Waals surface area contributed by atoms with E-state index in [1.165, 1.54) is 0 Å². The SMILES string of the molecule is CCCn1c(C)nc2c(O)c(Cl)c(N)c(C)c2c1=O.Cl. The summed E-state index contributed by atoms with van der Waals surface area (Å²) in [6, 6.07) is 0. The van der Waals surface area contributed by atoms with Crippen molar-refractivity contribution in [3.63, 3.8) is 0 Å². The first-order valence-corrected chi connectivity index (χ1v) is 6.45. The second-order valence-corrected chi connectivity index (χ2v) is 4.92. The lowest BCUT2D eigenvalue weighted by molar-refractivity contribution is 0.480. The standard InChI is InChI=1S/C13H16ClN3O2.ClH/c1-4-5-17-7(3)16-11-8(13(17)19)6(2)10(15)9(14)12(11)18;/h18H,4-5,15H2,1-3H3;1H. The third-order valence-corrected chi connectivity index (χ3v) is 3.64. The van der Waals surface area contributed by atoms with Crippen LogP contribution in [0.1, 0.15) is 24.7 Å². The average Bonchev–Trinajstić information content (AvgIpc) is 2.38. The number of rotatable bonds is 2. The largest absolute Gasteiger partial charge is 0.504 e. The number of aromatic nitrogens is 2. The van der Waals surface area contributed by atoms with Gasteiger partial charge in [0.2, 0.25) is 0 Å². The zero-order chi connectivity index (χ0) is 14.3. The summed E-state index contributed by atoms with van der Waals surface area (Å²) in [5, 5.41) is 10.4. The van der Waals surface area contributed by atoms with Gasteiger partial charge in [0.15, 0.2) is 5.75 Å². The van der Waals surface area contributed by atoms with Crippen LogP contribution >= 0.6 is 24.0 Å². The van der Waals surface area contributed by atoms with Crippen molar-refractivity contribution in [1.82, 2.24) is 9.55 Å². The minimum atomic E-state index is -0.233. The summed E-state index contributed by atoms with van der Waals surface area (Å²) in [4.78, 5) is 16.8. The van der Waals surface area contributed by atoms with Crippen LogP contribution in [0.4, 0.5) is 5.69 Å². The molecule has 3 N–H and O–H groups in total. The molecule has 2 aromatic rings. The smallest absolute Gasteiger partial charge is 0.261 e. The zero-order valence-corrected chi connectivity index (χ0v) is 13.1. The summed E-state index contributed by atoms with van der Waals surface area (Å²) in [7, 11) is 0. The molecule has 0 radical (unpaired) electrons. The summed E-state index contributed by atoms with van der Waals surface area (Å²) in [5.74, 6) is 0.318. The normalized spacial score (nSPS) is 10.6. The predicted octanol–water partition coefficient (Wildman–Crippen LogP) is 2.79. The highest BCUT2D eigenvalue weighted by molar-refractivity contribution is 6.36. The highest BCUT2D eigenvalue weighted by Gasteiger charge is 2.19. The van der Waals surface area contributed by atoms with Crippen molar-refractivity contribution in [3.8, 4) is 5.75 Å². The van der Waals surface area contributed by atoms with Gasteiger partial charge in [0, 0.05) is 6.54 Å². The number of nitrogens with zero attached hydrogens (tertiary/aromatic N) is 2. The number of aromatic hydroxyl groups is 1. The summed E-state index contributed by atoms with van der Waals surface area (Å²) >= 11 is 5.94. The maximum Gasteiger partial charge on any atom is 0.261 e. The number of aryl methyl sites for hydroxylation is 2. The zero-order valence-electron chi connectivity index (χ0n) is 11.5. The van der Waals surface area contributed by atoms with Gasteiger partial charge in [-0.05, 0) is 25.8 Å². The Kier molecular flexibility index (Phi) is 4.89. The highest BCUT2D eigenvalue weighted by Crippen LogP contribution is 2.38. The molecule has 0 saturated heterocycles. The summed E-state index contributed by atoms with van der Waals surface area (Å²) in [6.07, 6.45) is 0.821.